The maximum absolute atomic E-state index is 8.65. The van der Waals surface area contributed by atoms with Crippen LogP contribution in [0.15, 0.2) is 0 Å². The van der Waals surface area contributed by atoms with E-state index in [9.17, 15) is 0 Å². The Morgan fingerprint density at radius 2 is 2.45 bits per heavy atom. The van der Waals surface area contributed by atoms with Gasteiger partial charge in [0, 0.05) is 19.6 Å². The van der Waals surface area contributed by atoms with Crippen LogP contribution in [0.1, 0.15) is 19.8 Å². The van der Waals surface area contributed by atoms with E-state index in [4.69, 9.17) is 14.6 Å². The van der Waals surface area contributed by atoms with Crippen molar-refractivity contribution in [3.63, 3.8) is 0 Å². The third-order valence-electron chi connectivity index (χ3n) is 1.93. The van der Waals surface area contributed by atoms with E-state index in [1.165, 1.54) is 0 Å². The summed E-state index contributed by atoms with van der Waals surface area (Å²) in [6.45, 7) is 3.66. The van der Waals surface area contributed by atoms with Gasteiger partial charge in [-0.25, -0.2) is 0 Å². The van der Waals surface area contributed by atoms with Crippen molar-refractivity contribution in [3.05, 3.63) is 0 Å². The van der Waals surface area contributed by atoms with E-state index < -0.39 is 0 Å². The van der Waals surface area contributed by atoms with E-state index >= 15 is 0 Å². The normalized spacial score (nSPS) is 31.1. The van der Waals surface area contributed by atoms with E-state index in [-0.39, 0.29) is 12.9 Å². The minimum absolute atomic E-state index is 0.0171. The van der Waals surface area contributed by atoms with Crippen LogP contribution in [0.25, 0.3) is 0 Å². The van der Waals surface area contributed by atoms with Gasteiger partial charge in [-0.2, -0.15) is 0 Å². The second-order valence-corrected chi connectivity index (χ2v) is 2.83. The molecule has 1 rings (SSSR count). The summed E-state index contributed by atoms with van der Waals surface area (Å²) >= 11 is 0. The first kappa shape index (κ1) is 8.97. The van der Waals surface area contributed by atoms with Crippen LogP contribution >= 0.6 is 0 Å². The van der Waals surface area contributed by atoms with E-state index in [1.807, 2.05) is 6.92 Å². The van der Waals surface area contributed by atoms with Crippen LogP contribution in [0.3, 0.4) is 0 Å². The zero-order valence-corrected chi connectivity index (χ0v) is 6.95. The summed E-state index contributed by atoms with van der Waals surface area (Å²) in [5, 5.41) is 8.65. The highest BCUT2D eigenvalue weighted by Gasteiger charge is 2.24. The summed E-state index contributed by atoms with van der Waals surface area (Å²) in [5.41, 5.74) is 0. The lowest BCUT2D eigenvalue weighted by atomic mass is 10.1. The second-order valence-electron chi connectivity index (χ2n) is 2.83. The maximum atomic E-state index is 8.65. The quantitative estimate of drug-likeness (QED) is 0.660. The Labute approximate surface area is 67.3 Å². The standard InChI is InChI=1S/C8H16O3/c1-2-10-8-5-7(3-4-9)6-11-8/h7-9H,2-6H2,1H3. The third-order valence-corrected chi connectivity index (χ3v) is 1.93. The molecular weight excluding hydrogens is 144 g/mol. The molecule has 66 valence electrons. The van der Waals surface area contributed by atoms with Crippen LogP contribution in [-0.4, -0.2) is 31.2 Å². The van der Waals surface area contributed by atoms with Crippen molar-refractivity contribution in [2.45, 2.75) is 26.1 Å². The fourth-order valence-corrected chi connectivity index (χ4v) is 1.34. The maximum Gasteiger partial charge on any atom is 0.157 e. The highest BCUT2D eigenvalue weighted by Crippen LogP contribution is 2.22. The number of rotatable bonds is 4. The van der Waals surface area contributed by atoms with Crippen LogP contribution in [0.2, 0.25) is 0 Å². The fourth-order valence-electron chi connectivity index (χ4n) is 1.34. The molecule has 0 spiro atoms. The average molecular weight is 160 g/mol. The van der Waals surface area contributed by atoms with E-state index in [2.05, 4.69) is 0 Å². The highest BCUT2D eigenvalue weighted by atomic mass is 16.7. The highest BCUT2D eigenvalue weighted by molar-refractivity contribution is 4.67. The molecular formula is C8H16O3. The molecule has 2 unspecified atom stereocenters. The molecule has 1 saturated heterocycles. The molecule has 0 aliphatic carbocycles. The van der Waals surface area contributed by atoms with Gasteiger partial charge in [0.05, 0.1) is 6.61 Å². The van der Waals surface area contributed by atoms with Crippen LogP contribution in [-0.2, 0) is 9.47 Å². The summed E-state index contributed by atoms with van der Waals surface area (Å²) in [4.78, 5) is 0. The van der Waals surface area contributed by atoms with E-state index in [1.54, 1.807) is 0 Å². The molecule has 0 aromatic heterocycles. The molecule has 0 radical (unpaired) electrons. The van der Waals surface area contributed by atoms with Crippen molar-refractivity contribution >= 4 is 0 Å². The zero-order chi connectivity index (χ0) is 8.10. The summed E-state index contributed by atoms with van der Waals surface area (Å²) < 4.78 is 10.6. The average Bonchev–Trinajstić information content (AvgIpc) is 2.38. The molecule has 1 N–H and O–H groups in total. The smallest absolute Gasteiger partial charge is 0.157 e. The summed E-state index contributed by atoms with van der Waals surface area (Å²) in [7, 11) is 0. The number of hydrogen-bond acceptors (Lipinski definition) is 3. The molecule has 1 aliphatic rings. The Kier molecular flexibility index (Phi) is 3.83. The van der Waals surface area contributed by atoms with Crippen molar-refractivity contribution in [2.75, 3.05) is 19.8 Å². The van der Waals surface area contributed by atoms with Crippen molar-refractivity contribution in [2.24, 2.45) is 5.92 Å². The van der Waals surface area contributed by atoms with Crippen molar-refractivity contribution in [3.8, 4) is 0 Å². The lowest BCUT2D eigenvalue weighted by Crippen LogP contribution is -2.10. The van der Waals surface area contributed by atoms with Crippen molar-refractivity contribution in [1.29, 1.82) is 0 Å². The Morgan fingerprint density at radius 3 is 3.09 bits per heavy atom. The first-order valence-electron chi connectivity index (χ1n) is 4.21. The summed E-state index contributed by atoms with van der Waals surface area (Å²) in [6.07, 6.45) is 1.76. The minimum Gasteiger partial charge on any atom is -0.396 e. The number of hydrogen-bond donors (Lipinski definition) is 1. The molecule has 1 fully saturated rings. The fraction of sp³-hybridized carbons (Fsp3) is 1.00. The summed E-state index contributed by atoms with van der Waals surface area (Å²) in [5.74, 6) is 0.497. The van der Waals surface area contributed by atoms with Crippen LogP contribution in [0.5, 0.6) is 0 Å². The van der Waals surface area contributed by atoms with Gasteiger partial charge in [-0.1, -0.05) is 0 Å². The Bertz CT molecular complexity index is 93.5. The summed E-state index contributed by atoms with van der Waals surface area (Å²) in [6, 6.07) is 0. The molecule has 1 aliphatic heterocycles. The van der Waals surface area contributed by atoms with Gasteiger partial charge in [-0.05, 0) is 19.3 Å². The number of aliphatic hydroxyl groups excluding tert-OH is 1. The molecule has 0 amide bonds. The predicted molar refractivity (Wildman–Crippen MR) is 41.2 cm³/mol. The molecule has 3 heteroatoms. The largest absolute Gasteiger partial charge is 0.396 e. The second kappa shape index (κ2) is 4.70. The van der Waals surface area contributed by atoms with Crippen LogP contribution in [0.4, 0.5) is 0 Å². The van der Waals surface area contributed by atoms with Crippen molar-refractivity contribution in [1.82, 2.24) is 0 Å². The Balaban J connectivity index is 2.12. The Hall–Kier alpha value is -0.120. The first-order valence-corrected chi connectivity index (χ1v) is 4.21. The van der Waals surface area contributed by atoms with Gasteiger partial charge in [0.25, 0.3) is 0 Å². The molecule has 3 nitrogen and oxygen atoms in total. The van der Waals surface area contributed by atoms with E-state index in [0.717, 1.165) is 19.4 Å². The molecule has 0 bridgehead atoms. The van der Waals surface area contributed by atoms with E-state index in [0.29, 0.717) is 12.5 Å². The van der Waals surface area contributed by atoms with Crippen LogP contribution in [0, 0.1) is 5.92 Å². The zero-order valence-electron chi connectivity index (χ0n) is 6.95. The van der Waals surface area contributed by atoms with Gasteiger partial charge in [0.15, 0.2) is 6.29 Å². The lowest BCUT2D eigenvalue weighted by Gasteiger charge is -2.07. The minimum atomic E-state index is -0.0171. The first-order chi connectivity index (χ1) is 5.36. The third kappa shape index (κ3) is 2.77. The SMILES string of the molecule is CCOC1CC(CCO)CO1. The molecule has 0 aromatic carbocycles. The predicted octanol–water partition coefficient (Wildman–Crippen LogP) is 0.768. The topological polar surface area (TPSA) is 38.7 Å². The molecule has 11 heavy (non-hydrogen) atoms. The van der Waals surface area contributed by atoms with Crippen LogP contribution < -0.4 is 0 Å². The van der Waals surface area contributed by atoms with Gasteiger partial charge < -0.3 is 14.6 Å². The van der Waals surface area contributed by atoms with Crippen molar-refractivity contribution < 1.29 is 14.6 Å². The number of ether oxygens (including phenoxy) is 2. The van der Waals surface area contributed by atoms with Gasteiger partial charge in [-0.3, -0.25) is 0 Å². The molecule has 1 heterocycles. The monoisotopic (exact) mass is 160 g/mol. The van der Waals surface area contributed by atoms with Gasteiger partial charge >= 0.3 is 0 Å². The molecule has 0 saturated carbocycles. The van der Waals surface area contributed by atoms with Gasteiger partial charge in [-0.15, -0.1) is 0 Å². The molecule has 2 atom stereocenters. The molecule has 0 aromatic rings. The van der Waals surface area contributed by atoms with Gasteiger partial charge in [0.1, 0.15) is 0 Å². The lowest BCUT2D eigenvalue weighted by molar-refractivity contribution is -0.106. The number of aliphatic hydroxyl groups is 1. The van der Waals surface area contributed by atoms with Gasteiger partial charge in [0.2, 0.25) is 0 Å². The Morgan fingerprint density at radius 1 is 1.64 bits per heavy atom.